The van der Waals surface area contributed by atoms with E-state index in [-0.39, 0.29) is 22.6 Å². The molecule has 1 aromatic heterocycles. The Hall–Kier alpha value is -1.82. The fourth-order valence-electron chi connectivity index (χ4n) is 4.13. The number of nitrogens with one attached hydrogen (secondary N) is 3. The quantitative estimate of drug-likeness (QED) is 0.403. The number of rotatable bonds is 8. The number of benzene rings is 1. The SMILES string of the molecule is Cc1cc2ccc(CCCNC(=O)C3(NC(=O)[C@@H](Br)C(C)C)CCCC3)cc2[nH]1. The number of hydrogen-bond donors (Lipinski definition) is 3. The largest absolute Gasteiger partial charge is 0.359 e. The van der Waals surface area contributed by atoms with Crippen LogP contribution in [0.5, 0.6) is 0 Å². The lowest BCUT2D eigenvalue weighted by molar-refractivity contribution is -0.133. The topological polar surface area (TPSA) is 74.0 Å². The Morgan fingerprint density at radius 2 is 1.93 bits per heavy atom. The molecule has 6 heteroatoms. The first-order valence-corrected chi connectivity index (χ1v) is 11.5. The maximum Gasteiger partial charge on any atom is 0.245 e. The predicted octanol–water partition coefficient (Wildman–Crippen LogP) is 4.37. The summed E-state index contributed by atoms with van der Waals surface area (Å²) in [6.45, 7) is 6.66. The van der Waals surface area contributed by atoms with Gasteiger partial charge >= 0.3 is 0 Å². The van der Waals surface area contributed by atoms with Crippen LogP contribution in [0.1, 0.15) is 57.2 Å². The zero-order valence-electron chi connectivity index (χ0n) is 17.6. The van der Waals surface area contributed by atoms with E-state index < -0.39 is 5.54 Å². The lowest BCUT2D eigenvalue weighted by Crippen LogP contribution is -2.59. The molecule has 1 saturated carbocycles. The Kier molecular flexibility index (Phi) is 7.04. The van der Waals surface area contributed by atoms with Crippen LogP contribution in [-0.4, -0.2) is 33.7 Å². The summed E-state index contributed by atoms with van der Waals surface area (Å²) in [5.74, 6) is 0.0474. The fraction of sp³-hybridized carbons (Fsp3) is 0.565. The van der Waals surface area contributed by atoms with Gasteiger partial charge in [0, 0.05) is 17.8 Å². The number of halogens is 1. The molecule has 29 heavy (non-hydrogen) atoms. The minimum Gasteiger partial charge on any atom is -0.359 e. The summed E-state index contributed by atoms with van der Waals surface area (Å²) >= 11 is 3.45. The maximum absolute atomic E-state index is 12.9. The maximum atomic E-state index is 12.9. The van der Waals surface area contributed by atoms with Crippen molar-refractivity contribution in [3.05, 3.63) is 35.5 Å². The number of aromatic nitrogens is 1. The van der Waals surface area contributed by atoms with Crippen LogP contribution < -0.4 is 10.6 Å². The highest BCUT2D eigenvalue weighted by Crippen LogP contribution is 2.31. The summed E-state index contributed by atoms with van der Waals surface area (Å²) in [6.07, 6.45) is 5.14. The Bertz CT molecular complexity index is 868. The van der Waals surface area contributed by atoms with Gasteiger partial charge in [-0.3, -0.25) is 9.59 Å². The summed E-state index contributed by atoms with van der Waals surface area (Å²) in [7, 11) is 0. The molecule has 3 N–H and O–H groups in total. The third-order valence-corrected chi connectivity index (χ3v) is 7.31. The van der Waals surface area contributed by atoms with Crippen molar-refractivity contribution < 1.29 is 9.59 Å². The Morgan fingerprint density at radius 3 is 2.62 bits per heavy atom. The number of alkyl halides is 1. The van der Waals surface area contributed by atoms with Gasteiger partial charge in [-0.2, -0.15) is 0 Å². The van der Waals surface area contributed by atoms with E-state index in [4.69, 9.17) is 0 Å². The standard InChI is InChI=1S/C23H32BrN3O2/c1-15(2)20(24)21(28)27-23(10-4-5-11-23)22(29)25-12-6-7-17-8-9-18-13-16(3)26-19(18)14-17/h8-9,13-15,20,26H,4-7,10-12H2,1-3H3,(H,25,29)(H,27,28)/t20-/m0/s1. The lowest BCUT2D eigenvalue weighted by atomic mass is 9.95. The van der Waals surface area contributed by atoms with Crippen LogP contribution in [0, 0.1) is 12.8 Å². The van der Waals surface area contributed by atoms with Gasteiger partial charge in [0.1, 0.15) is 5.54 Å². The van der Waals surface area contributed by atoms with E-state index in [9.17, 15) is 9.59 Å². The minimum absolute atomic E-state index is 0.0396. The molecule has 1 atom stereocenters. The van der Waals surface area contributed by atoms with Gasteiger partial charge in [0.2, 0.25) is 11.8 Å². The van der Waals surface area contributed by atoms with Crippen LogP contribution in [0.4, 0.5) is 0 Å². The second kappa shape index (κ2) is 9.33. The van der Waals surface area contributed by atoms with Crippen molar-refractivity contribution in [2.45, 2.75) is 69.7 Å². The third kappa shape index (κ3) is 5.21. The first-order chi connectivity index (χ1) is 13.8. The molecule has 3 rings (SSSR count). The smallest absolute Gasteiger partial charge is 0.245 e. The van der Waals surface area contributed by atoms with Crippen LogP contribution in [0.3, 0.4) is 0 Å². The number of aromatic amines is 1. The average molecular weight is 462 g/mol. The van der Waals surface area contributed by atoms with E-state index >= 15 is 0 Å². The van der Waals surface area contributed by atoms with Crippen molar-refractivity contribution in [2.24, 2.45) is 5.92 Å². The molecule has 0 spiro atoms. The minimum atomic E-state index is -0.751. The van der Waals surface area contributed by atoms with Crippen LogP contribution in [0.2, 0.25) is 0 Å². The van der Waals surface area contributed by atoms with Crippen molar-refractivity contribution >= 4 is 38.6 Å². The molecule has 2 aromatic rings. The number of aryl methyl sites for hydroxylation is 2. The monoisotopic (exact) mass is 461 g/mol. The van der Waals surface area contributed by atoms with Crippen LogP contribution in [0.15, 0.2) is 24.3 Å². The van der Waals surface area contributed by atoms with Gasteiger partial charge in [0.15, 0.2) is 0 Å². The molecule has 158 valence electrons. The van der Waals surface area contributed by atoms with E-state index in [0.29, 0.717) is 19.4 Å². The molecule has 2 amide bonds. The highest BCUT2D eigenvalue weighted by molar-refractivity contribution is 9.10. The van der Waals surface area contributed by atoms with E-state index in [1.54, 1.807) is 0 Å². The number of carbonyl (C=O) groups is 2. The second-order valence-electron chi connectivity index (χ2n) is 8.66. The second-order valence-corrected chi connectivity index (χ2v) is 9.64. The van der Waals surface area contributed by atoms with E-state index in [0.717, 1.165) is 36.9 Å². The van der Waals surface area contributed by atoms with Crippen molar-refractivity contribution in [2.75, 3.05) is 6.54 Å². The summed E-state index contributed by atoms with van der Waals surface area (Å²) in [5, 5.41) is 7.35. The molecule has 0 bridgehead atoms. The molecule has 1 heterocycles. The fourth-order valence-corrected chi connectivity index (χ4v) is 4.25. The third-order valence-electron chi connectivity index (χ3n) is 5.84. The van der Waals surface area contributed by atoms with E-state index in [1.807, 2.05) is 13.8 Å². The molecule has 0 unspecified atom stereocenters. The lowest BCUT2D eigenvalue weighted by Gasteiger charge is -2.30. The molecule has 0 radical (unpaired) electrons. The molecule has 5 nitrogen and oxygen atoms in total. The Labute approximate surface area is 181 Å². The highest BCUT2D eigenvalue weighted by atomic mass is 79.9. The number of carbonyl (C=O) groups excluding carboxylic acids is 2. The van der Waals surface area contributed by atoms with E-state index in [2.05, 4.69) is 62.7 Å². The first-order valence-electron chi connectivity index (χ1n) is 10.6. The summed E-state index contributed by atoms with van der Waals surface area (Å²) in [5.41, 5.74) is 2.83. The number of H-pyrrole nitrogens is 1. The zero-order chi connectivity index (χ0) is 21.0. The predicted molar refractivity (Wildman–Crippen MR) is 121 cm³/mol. The zero-order valence-corrected chi connectivity index (χ0v) is 19.2. The van der Waals surface area contributed by atoms with Gasteiger partial charge in [-0.1, -0.05) is 54.8 Å². The van der Waals surface area contributed by atoms with Crippen LogP contribution in [-0.2, 0) is 16.0 Å². The van der Waals surface area contributed by atoms with E-state index in [1.165, 1.54) is 10.9 Å². The van der Waals surface area contributed by atoms with Crippen molar-refractivity contribution in [3.63, 3.8) is 0 Å². The average Bonchev–Trinajstić information content (AvgIpc) is 3.30. The molecule has 0 aliphatic heterocycles. The van der Waals surface area contributed by atoms with Crippen molar-refractivity contribution in [1.29, 1.82) is 0 Å². The molecule has 0 saturated heterocycles. The number of amides is 2. The Balaban J connectivity index is 1.52. The highest BCUT2D eigenvalue weighted by Gasteiger charge is 2.43. The number of fused-ring (bicyclic) bond motifs is 1. The van der Waals surface area contributed by atoms with Crippen LogP contribution in [0.25, 0.3) is 10.9 Å². The molecular formula is C23H32BrN3O2. The molecular weight excluding hydrogens is 430 g/mol. The van der Waals surface area contributed by atoms with Crippen LogP contribution >= 0.6 is 15.9 Å². The van der Waals surface area contributed by atoms with Gasteiger partial charge in [0.25, 0.3) is 0 Å². The molecule has 1 aliphatic carbocycles. The summed E-state index contributed by atoms with van der Waals surface area (Å²) in [6, 6.07) is 8.62. The van der Waals surface area contributed by atoms with Gasteiger partial charge in [-0.05, 0) is 61.6 Å². The summed E-state index contributed by atoms with van der Waals surface area (Å²) in [4.78, 5) is 28.6. The Morgan fingerprint density at radius 1 is 1.21 bits per heavy atom. The number of hydrogen-bond acceptors (Lipinski definition) is 2. The van der Waals surface area contributed by atoms with Gasteiger partial charge < -0.3 is 15.6 Å². The molecule has 1 aliphatic rings. The van der Waals surface area contributed by atoms with Gasteiger partial charge in [-0.25, -0.2) is 0 Å². The first kappa shape index (κ1) is 21.9. The van der Waals surface area contributed by atoms with Gasteiger partial charge in [0.05, 0.1) is 4.83 Å². The van der Waals surface area contributed by atoms with Crippen molar-refractivity contribution in [1.82, 2.24) is 15.6 Å². The molecule has 1 fully saturated rings. The normalized spacial score (nSPS) is 16.9. The molecule has 1 aromatic carbocycles. The summed E-state index contributed by atoms with van der Waals surface area (Å²) < 4.78 is 0. The van der Waals surface area contributed by atoms with Crippen molar-refractivity contribution in [3.8, 4) is 0 Å². The van der Waals surface area contributed by atoms with Gasteiger partial charge in [-0.15, -0.1) is 0 Å².